The predicted octanol–water partition coefficient (Wildman–Crippen LogP) is 0.773. The van der Waals surface area contributed by atoms with Gasteiger partial charge in [-0.1, -0.05) is 36.4 Å². The van der Waals surface area contributed by atoms with Crippen molar-refractivity contribution in [1.82, 2.24) is 0 Å². The minimum Gasteiger partial charge on any atom is -0.562 e. The SMILES string of the molecule is O=C(O[C@H](C(=O)O)[C@H](OC(=O)c1ccccc1)C(=O)[OH2+])c1ccccc1. The van der Waals surface area contributed by atoms with E-state index in [1.807, 2.05) is 0 Å². The molecule has 0 bridgehead atoms. The van der Waals surface area contributed by atoms with Gasteiger partial charge in [-0.3, -0.25) is 0 Å². The molecule has 0 aromatic heterocycles. The van der Waals surface area contributed by atoms with Crippen LogP contribution in [0.4, 0.5) is 0 Å². The van der Waals surface area contributed by atoms with Crippen LogP contribution < -0.4 is 0 Å². The number of carboxylic acid groups (broad SMARTS) is 1. The van der Waals surface area contributed by atoms with E-state index in [9.17, 15) is 24.3 Å². The molecule has 0 aliphatic rings. The van der Waals surface area contributed by atoms with E-state index in [4.69, 9.17) is 14.6 Å². The van der Waals surface area contributed by atoms with Crippen molar-refractivity contribution in [2.24, 2.45) is 0 Å². The monoisotopic (exact) mass is 359 g/mol. The molecule has 0 fully saturated rings. The Morgan fingerprint density at radius 3 is 1.46 bits per heavy atom. The number of rotatable bonds is 7. The zero-order valence-electron chi connectivity index (χ0n) is 13.3. The first-order valence-corrected chi connectivity index (χ1v) is 7.40. The maximum atomic E-state index is 12.1. The third-order valence-electron chi connectivity index (χ3n) is 3.26. The summed E-state index contributed by atoms with van der Waals surface area (Å²) in [7, 11) is 0. The molecule has 2 atom stereocenters. The van der Waals surface area contributed by atoms with Gasteiger partial charge < -0.3 is 19.7 Å². The van der Waals surface area contributed by atoms with Crippen LogP contribution in [0.15, 0.2) is 60.7 Å². The minimum absolute atomic E-state index is 0.0457. The normalized spacial score (nSPS) is 12.5. The van der Waals surface area contributed by atoms with Crippen molar-refractivity contribution >= 4 is 23.9 Å². The number of carboxylic acids is 1. The fourth-order valence-corrected chi connectivity index (χ4v) is 2.01. The third-order valence-corrected chi connectivity index (χ3v) is 3.26. The van der Waals surface area contributed by atoms with Gasteiger partial charge in [0.1, 0.15) is 0 Å². The van der Waals surface area contributed by atoms with Crippen LogP contribution in [-0.2, 0) is 19.1 Å². The second-order valence-corrected chi connectivity index (χ2v) is 5.09. The molecule has 8 heteroatoms. The van der Waals surface area contributed by atoms with Crippen molar-refractivity contribution in [2.45, 2.75) is 12.2 Å². The molecule has 0 unspecified atom stereocenters. The van der Waals surface area contributed by atoms with Crippen molar-refractivity contribution in [1.29, 1.82) is 0 Å². The predicted molar refractivity (Wildman–Crippen MR) is 87.5 cm³/mol. The molecule has 2 aromatic rings. The van der Waals surface area contributed by atoms with Gasteiger partial charge in [0.25, 0.3) is 6.10 Å². The highest BCUT2D eigenvalue weighted by Crippen LogP contribution is 2.13. The standard InChI is InChI=1S/C18H14O8/c19-15(20)13(25-17(23)11-7-3-1-4-8-11)14(16(21)22)26-18(24)12-9-5-2-6-10-12/h1-10,13-14H,(H,19,20)(H,21,22)/p+1/t13-,14-/m0/s1. The summed E-state index contributed by atoms with van der Waals surface area (Å²) in [5, 5.41) is 16.5. The Balaban J connectivity index is 2.20. The molecule has 3 N–H and O–H groups in total. The molecule has 134 valence electrons. The van der Waals surface area contributed by atoms with Gasteiger partial charge in [-0.05, 0) is 24.3 Å². The number of benzene rings is 2. The third kappa shape index (κ3) is 4.67. The average Bonchev–Trinajstić information content (AvgIpc) is 2.65. The van der Waals surface area contributed by atoms with Gasteiger partial charge in [0.05, 0.1) is 11.1 Å². The Morgan fingerprint density at radius 1 is 0.731 bits per heavy atom. The number of carbonyl (C=O) groups is 4. The first-order chi connectivity index (χ1) is 12.4. The summed E-state index contributed by atoms with van der Waals surface area (Å²) in [5.41, 5.74) is 0.0987. The molecular weight excluding hydrogens is 344 g/mol. The molecule has 26 heavy (non-hydrogen) atoms. The summed E-state index contributed by atoms with van der Waals surface area (Å²) >= 11 is 0. The Labute approximate surface area is 147 Å². The molecule has 0 radical (unpaired) electrons. The summed E-state index contributed by atoms with van der Waals surface area (Å²) in [4.78, 5) is 47.0. The Bertz CT molecular complexity index is 731. The second kappa shape index (κ2) is 8.43. The Morgan fingerprint density at radius 2 is 1.12 bits per heavy atom. The highest BCUT2D eigenvalue weighted by atomic mass is 16.6. The van der Waals surface area contributed by atoms with Gasteiger partial charge in [-0.15, -0.1) is 0 Å². The van der Waals surface area contributed by atoms with E-state index in [1.54, 1.807) is 12.1 Å². The molecular formula is C18H15O8+. The van der Waals surface area contributed by atoms with Gasteiger partial charge >= 0.3 is 30.0 Å². The summed E-state index contributed by atoms with van der Waals surface area (Å²) < 4.78 is 9.63. The van der Waals surface area contributed by atoms with Gasteiger partial charge in [-0.2, -0.15) is 0 Å². The molecule has 0 saturated carbocycles. The quantitative estimate of drug-likeness (QED) is 0.571. The molecule has 0 aliphatic heterocycles. The zero-order valence-corrected chi connectivity index (χ0v) is 13.3. The van der Waals surface area contributed by atoms with Crippen molar-refractivity contribution < 1.29 is 38.9 Å². The number of carbonyl (C=O) groups excluding carboxylic acids is 3. The number of aliphatic carboxylic acids is 1. The summed E-state index contributed by atoms with van der Waals surface area (Å²) in [5.74, 6) is -5.28. The summed E-state index contributed by atoms with van der Waals surface area (Å²) in [6.45, 7) is 0. The van der Waals surface area contributed by atoms with Gasteiger partial charge in [-0.25, -0.2) is 14.4 Å². The van der Waals surface area contributed by atoms with Crippen LogP contribution in [0.5, 0.6) is 0 Å². The fourth-order valence-electron chi connectivity index (χ4n) is 2.01. The van der Waals surface area contributed by atoms with E-state index in [0.717, 1.165) is 0 Å². The van der Waals surface area contributed by atoms with Crippen molar-refractivity contribution in [3.63, 3.8) is 0 Å². The molecule has 0 spiro atoms. The van der Waals surface area contributed by atoms with E-state index in [-0.39, 0.29) is 11.1 Å². The van der Waals surface area contributed by atoms with Crippen LogP contribution in [0.1, 0.15) is 20.7 Å². The van der Waals surface area contributed by atoms with Gasteiger partial charge in [0.2, 0.25) is 0 Å². The molecule has 8 nitrogen and oxygen atoms in total. The molecule has 0 aliphatic carbocycles. The Hall–Kier alpha value is -3.68. The van der Waals surface area contributed by atoms with E-state index < -0.39 is 36.1 Å². The van der Waals surface area contributed by atoms with Crippen molar-refractivity contribution in [3.8, 4) is 0 Å². The number of hydrogen-bond donors (Lipinski definition) is 1. The average molecular weight is 359 g/mol. The largest absolute Gasteiger partial charge is 0.562 e. The van der Waals surface area contributed by atoms with E-state index in [2.05, 4.69) is 0 Å². The smallest absolute Gasteiger partial charge is 0.561 e. The van der Waals surface area contributed by atoms with Crippen molar-refractivity contribution in [2.75, 3.05) is 0 Å². The van der Waals surface area contributed by atoms with E-state index in [1.165, 1.54) is 48.5 Å². The zero-order chi connectivity index (χ0) is 19.1. The van der Waals surface area contributed by atoms with E-state index >= 15 is 0 Å². The summed E-state index contributed by atoms with van der Waals surface area (Å²) in [6.07, 6.45) is -4.26. The van der Waals surface area contributed by atoms with Gasteiger partial charge in [0.15, 0.2) is 0 Å². The lowest BCUT2D eigenvalue weighted by Gasteiger charge is -2.18. The van der Waals surface area contributed by atoms with Crippen LogP contribution in [0.3, 0.4) is 0 Å². The highest BCUT2D eigenvalue weighted by molar-refractivity contribution is 5.95. The van der Waals surface area contributed by atoms with Crippen LogP contribution in [0.25, 0.3) is 0 Å². The van der Waals surface area contributed by atoms with Crippen LogP contribution in [0, 0.1) is 0 Å². The van der Waals surface area contributed by atoms with Crippen LogP contribution in [-0.4, -0.2) is 46.3 Å². The van der Waals surface area contributed by atoms with E-state index in [0.29, 0.717) is 0 Å². The maximum absolute atomic E-state index is 12.1. The minimum atomic E-state index is -2.15. The maximum Gasteiger partial charge on any atom is 0.561 e. The highest BCUT2D eigenvalue weighted by Gasteiger charge is 2.45. The summed E-state index contributed by atoms with van der Waals surface area (Å²) in [6, 6.07) is 15.0. The molecule has 2 rings (SSSR count). The topological polar surface area (TPSA) is 130 Å². The number of hydrogen-bond acceptors (Lipinski definition) is 6. The first kappa shape index (κ1) is 18.7. The molecule has 0 saturated heterocycles. The van der Waals surface area contributed by atoms with Crippen LogP contribution >= 0.6 is 0 Å². The molecule has 2 aromatic carbocycles. The number of ether oxygens (including phenoxy) is 2. The van der Waals surface area contributed by atoms with Gasteiger partial charge in [0, 0.05) is 4.79 Å². The molecule has 0 amide bonds. The number of esters is 2. The second-order valence-electron chi connectivity index (χ2n) is 5.09. The van der Waals surface area contributed by atoms with Crippen LogP contribution in [0.2, 0.25) is 0 Å². The lowest BCUT2D eigenvalue weighted by Crippen LogP contribution is -2.45. The Kier molecular flexibility index (Phi) is 6.05. The first-order valence-electron chi connectivity index (χ1n) is 7.40. The van der Waals surface area contributed by atoms with Crippen molar-refractivity contribution in [3.05, 3.63) is 71.8 Å². The lowest BCUT2D eigenvalue weighted by molar-refractivity contribution is -0.166. The fraction of sp³-hybridized carbons (Fsp3) is 0.111. The lowest BCUT2D eigenvalue weighted by atomic mass is 10.1. The molecule has 0 heterocycles.